The number of aromatic amines is 1. The lowest BCUT2D eigenvalue weighted by Gasteiger charge is -2.10. The van der Waals surface area contributed by atoms with E-state index in [0.29, 0.717) is 16.9 Å². The second-order valence-electron chi connectivity index (χ2n) is 5.83. The maximum atomic E-state index is 12.2. The van der Waals surface area contributed by atoms with Gasteiger partial charge in [0.25, 0.3) is 5.22 Å². The topological polar surface area (TPSA) is 110 Å². The Morgan fingerprint density at radius 2 is 2.04 bits per heavy atom. The normalized spacial score (nSPS) is 12.2. The second-order valence-corrected chi connectivity index (χ2v) is 6.75. The summed E-state index contributed by atoms with van der Waals surface area (Å²) < 4.78 is 5.56. The van der Waals surface area contributed by atoms with Crippen LogP contribution >= 0.6 is 11.8 Å². The predicted octanol–water partition coefficient (Wildman–Crippen LogP) is 2.98. The van der Waals surface area contributed by atoms with Crippen LogP contribution in [0.1, 0.15) is 18.8 Å². The van der Waals surface area contributed by atoms with Crippen molar-refractivity contribution in [2.24, 2.45) is 0 Å². The van der Waals surface area contributed by atoms with Crippen LogP contribution in [0.5, 0.6) is 0 Å². The van der Waals surface area contributed by atoms with Gasteiger partial charge in [-0.1, -0.05) is 23.9 Å². The fraction of sp³-hybridized carbons (Fsp3) is 0.167. The quantitative estimate of drug-likeness (QED) is 0.495. The molecule has 2 N–H and O–H groups in total. The van der Waals surface area contributed by atoms with Crippen molar-refractivity contribution in [1.29, 1.82) is 0 Å². The third-order valence-electron chi connectivity index (χ3n) is 3.86. The van der Waals surface area contributed by atoms with Crippen LogP contribution in [-0.4, -0.2) is 36.8 Å². The van der Waals surface area contributed by atoms with Gasteiger partial charge in [0.15, 0.2) is 0 Å². The van der Waals surface area contributed by atoms with Gasteiger partial charge in [0.2, 0.25) is 11.8 Å². The van der Waals surface area contributed by atoms with Crippen LogP contribution in [0.2, 0.25) is 0 Å². The van der Waals surface area contributed by atoms with Crippen LogP contribution in [0.25, 0.3) is 22.5 Å². The molecular weight excluding hydrogens is 364 g/mol. The van der Waals surface area contributed by atoms with Crippen molar-refractivity contribution in [2.45, 2.75) is 18.2 Å². The van der Waals surface area contributed by atoms with E-state index < -0.39 is 0 Å². The number of carbonyl (C=O) groups excluding carboxylic acids is 1. The highest BCUT2D eigenvalue weighted by atomic mass is 32.2. The number of hydrogen-bond donors (Lipinski definition) is 2. The minimum atomic E-state index is -0.236. The van der Waals surface area contributed by atoms with Gasteiger partial charge in [0.05, 0.1) is 22.8 Å². The first-order valence-corrected chi connectivity index (χ1v) is 9.28. The molecule has 27 heavy (non-hydrogen) atoms. The minimum Gasteiger partial charge on any atom is -0.411 e. The van der Waals surface area contributed by atoms with E-state index >= 15 is 0 Å². The molecule has 1 amide bonds. The zero-order valence-electron chi connectivity index (χ0n) is 14.4. The van der Waals surface area contributed by atoms with E-state index in [9.17, 15) is 4.79 Å². The lowest BCUT2D eigenvalue weighted by atomic mass is 10.3. The number of nitrogens with one attached hydrogen (secondary N) is 2. The number of benzene rings is 1. The monoisotopic (exact) mass is 380 g/mol. The van der Waals surface area contributed by atoms with Gasteiger partial charge < -0.3 is 14.7 Å². The van der Waals surface area contributed by atoms with Crippen molar-refractivity contribution >= 4 is 28.7 Å². The first kappa shape index (κ1) is 17.2. The Morgan fingerprint density at radius 1 is 1.22 bits per heavy atom. The molecule has 8 nitrogen and oxygen atoms in total. The van der Waals surface area contributed by atoms with E-state index in [2.05, 4.69) is 30.5 Å². The highest BCUT2D eigenvalue weighted by molar-refractivity contribution is 7.99. The van der Waals surface area contributed by atoms with Gasteiger partial charge >= 0.3 is 0 Å². The summed E-state index contributed by atoms with van der Waals surface area (Å²) in [5.74, 6) is 1.14. The smallest absolute Gasteiger partial charge is 0.277 e. The summed E-state index contributed by atoms with van der Waals surface area (Å²) in [5, 5.41) is 11.2. The molecule has 0 saturated heterocycles. The van der Waals surface area contributed by atoms with E-state index in [1.807, 2.05) is 31.2 Å². The molecule has 0 saturated carbocycles. The number of aromatic nitrogens is 5. The average molecular weight is 380 g/mol. The van der Waals surface area contributed by atoms with Crippen molar-refractivity contribution < 1.29 is 9.21 Å². The molecular formula is C18H16N6O2S. The molecule has 4 aromatic rings. The molecule has 9 heteroatoms. The molecule has 1 aromatic carbocycles. The molecule has 0 aliphatic heterocycles. The molecule has 0 radical (unpaired) electrons. The molecule has 3 heterocycles. The lowest BCUT2D eigenvalue weighted by molar-refractivity contribution is -0.119. The summed E-state index contributed by atoms with van der Waals surface area (Å²) in [6.45, 7) is 1.88. The number of thioether (sulfide) groups is 1. The molecule has 0 aliphatic rings. The first-order chi connectivity index (χ1) is 13.2. The van der Waals surface area contributed by atoms with Crippen molar-refractivity contribution in [3.05, 3.63) is 54.6 Å². The van der Waals surface area contributed by atoms with Crippen molar-refractivity contribution in [2.75, 3.05) is 5.75 Å². The number of imidazole rings is 1. The van der Waals surface area contributed by atoms with Crippen LogP contribution in [-0.2, 0) is 4.79 Å². The molecule has 136 valence electrons. The highest BCUT2D eigenvalue weighted by Crippen LogP contribution is 2.22. The molecule has 0 spiro atoms. The number of para-hydroxylation sites is 2. The fourth-order valence-corrected chi connectivity index (χ4v) is 3.11. The Bertz CT molecular complexity index is 1030. The van der Waals surface area contributed by atoms with Gasteiger partial charge in [0.1, 0.15) is 5.82 Å². The van der Waals surface area contributed by atoms with Crippen molar-refractivity contribution in [1.82, 2.24) is 30.5 Å². The second kappa shape index (κ2) is 7.58. The van der Waals surface area contributed by atoms with Crippen LogP contribution in [0.15, 0.2) is 58.4 Å². The maximum absolute atomic E-state index is 12.2. The number of carbonyl (C=O) groups is 1. The van der Waals surface area contributed by atoms with Crippen LogP contribution in [0.3, 0.4) is 0 Å². The zero-order valence-corrected chi connectivity index (χ0v) is 15.2. The first-order valence-electron chi connectivity index (χ1n) is 8.30. The van der Waals surface area contributed by atoms with E-state index in [4.69, 9.17) is 4.42 Å². The summed E-state index contributed by atoms with van der Waals surface area (Å²) in [7, 11) is 0. The highest BCUT2D eigenvalue weighted by Gasteiger charge is 2.15. The van der Waals surface area contributed by atoms with Gasteiger partial charge in [-0.3, -0.25) is 9.78 Å². The number of hydrogen-bond acceptors (Lipinski definition) is 7. The number of amides is 1. The summed E-state index contributed by atoms with van der Waals surface area (Å²) in [4.78, 5) is 23.9. The summed E-state index contributed by atoms with van der Waals surface area (Å²) in [6.07, 6.45) is 3.30. The van der Waals surface area contributed by atoms with E-state index in [0.717, 1.165) is 16.6 Å². The summed E-state index contributed by atoms with van der Waals surface area (Å²) in [6, 6.07) is 11.1. The third-order valence-corrected chi connectivity index (χ3v) is 4.67. The SMILES string of the molecule is C[C@H](NC(=O)CSc1nnc(-c2ccncc2)o1)c1nc2ccccc2[nH]1. The van der Waals surface area contributed by atoms with E-state index in [1.54, 1.807) is 24.5 Å². The fourth-order valence-electron chi connectivity index (χ4n) is 2.54. The van der Waals surface area contributed by atoms with Crippen LogP contribution in [0, 0.1) is 0 Å². The molecule has 0 aliphatic carbocycles. The zero-order chi connectivity index (χ0) is 18.6. The van der Waals surface area contributed by atoms with Crippen molar-refractivity contribution in [3.8, 4) is 11.5 Å². The Balaban J connectivity index is 1.33. The number of nitrogens with zero attached hydrogens (tertiary/aromatic N) is 4. The standard InChI is InChI=1S/C18H16N6O2S/c1-11(16-21-13-4-2-3-5-14(13)22-16)20-15(25)10-27-18-24-23-17(26-18)12-6-8-19-9-7-12/h2-9,11H,10H2,1H3,(H,20,25)(H,21,22)/t11-/m0/s1. The Labute approximate surface area is 158 Å². The van der Waals surface area contributed by atoms with Crippen LogP contribution in [0.4, 0.5) is 0 Å². The minimum absolute atomic E-state index is 0.142. The van der Waals surface area contributed by atoms with E-state index in [-0.39, 0.29) is 17.7 Å². The number of pyridine rings is 1. The largest absolute Gasteiger partial charge is 0.411 e. The van der Waals surface area contributed by atoms with Gasteiger partial charge in [0, 0.05) is 18.0 Å². The summed E-state index contributed by atoms with van der Waals surface area (Å²) in [5.41, 5.74) is 2.60. The molecule has 3 aromatic heterocycles. The third kappa shape index (κ3) is 3.98. The van der Waals surface area contributed by atoms with E-state index in [1.165, 1.54) is 11.8 Å². The van der Waals surface area contributed by atoms with Crippen molar-refractivity contribution in [3.63, 3.8) is 0 Å². The maximum Gasteiger partial charge on any atom is 0.277 e. The van der Waals surface area contributed by atoms with Crippen LogP contribution < -0.4 is 5.32 Å². The molecule has 4 rings (SSSR count). The Kier molecular flexibility index (Phi) is 4.84. The van der Waals surface area contributed by atoms with Gasteiger partial charge in [-0.05, 0) is 31.2 Å². The summed E-state index contributed by atoms with van der Waals surface area (Å²) >= 11 is 1.19. The molecule has 0 fully saturated rings. The average Bonchev–Trinajstić information content (AvgIpc) is 3.34. The van der Waals surface area contributed by atoms with Gasteiger partial charge in [-0.25, -0.2) is 4.98 Å². The number of H-pyrrole nitrogens is 1. The number of fused-ring (bicyclic) bond motifs is 1. The van der Waals surface area contributed by atoms with Gasteiger partial charge in [-0.2, -0.15) is 0 Å². The Morgan fingerprint density at radius 3 is 2.85 bits per heavy atom. The molecule has 0 bridgehead atoms. The number of rotatable bonds is 6. The van der Waals surface area contributed by atoms with Gasteiger partial charge in [-0.15, -0.1) is 10.2 Å². The lowest BCUT2D eigenvalue weighted by Crippen LogP contribution is -2.28. The Hall–Kier alpha value is -3.20. The predicted molar refractivity (Wildman–Crippen MR) is 101 cm³/mol. The molecule has 1 atom stereocenters. The molecule has 0 unspecified atom stereocenters.